The highest BCUT2D eigenvalue weighted by Crippen LogP contribution is 2.12. The predicted octanol–water partition coefficient (Wildman–Crippen LogP) is 2.18. The molecular weight excluding hydrogens is 240 g/mol. The molecular formula is C14H16N4O. The molecule has 0 aliphatic carbocycles. The molecule has 98 valence electrons. The Morgan fingerprint density at radius 1 is 1.16 bits per heavy atom. The number of rotatable bonds is 4. The first kappa shape index (κ1) is 13.0. The van der Waals surface area contributed by atoms with Gasteiger partial charge in [-0.3, -0.25) is 10.6 Å². The average molecular weight is 256 g/mol. The van der Waals surface area contributed by atoms with Crippen molar-refractivity contribution in [1.29, 1.82) is 0 Å². The second-order valence-electron chi connectivity index (χ2n) is 4.08. The summed E-state index contributed by atoms with van der Waals surface area (Å²) < 4.78 is 0. The third-order valence-corrected chi connectivity index (χ3v) is 2.78. The molecule has 0 bridgehead atoms. The highest BCUT2D eigenvalue weighted by Gasteiger charge is 2.07. The number of amides is 1. The van der Waals surface area contributed by atoms with Crippen molar-refractivity contribution in [3.8, 4) is 0 Å². The molecule has 0 fully saturated rings. The van der Waals surface area contributed by atoms with E-state index >= 15 is 0 Å². The van der Waals surface area contributed by atoms with Gasteiger partial charge in [0, 0.05) is 5.69 Å². The van der Waals surface area contributed by atoms with Crippen LogP contribution >= 0.6 is 0 Å². The number of nitrogens with zero attached hydrogens (tertiary/aromatic N) is 1. The van der Waals surface area contributed by atoms with E-state index in [9.17, 15) is 4.79 Å². The van der Waals surface area contributed by atoms with Crippen molar-refractivity contribution in [3.05, 3.63) is 53.9 Å². The van der Waals surface area contributed by atoms with Gasteiger partial charge in [-0.15, -0.1) is 0 Å². The number of aryl methyl sites for hydroxylation is 1. The number of carbonyl (C=O) groups is 1. The number of nitrogens with one attached hydrogen (secondary N) is 2. The average Bonchev–Trinajstić information content (AvgIpc) is 2.48. The summed E-state index contributed by atoms with van der Waals surface area (Å²) in [6.07, 6.45) is 2.48. The molecule has 1 heterocycles. The molecule has 4 N–H and O–H groups in total. The minimum absolute atomic E-state index is 0.243. The van der Waals surface area contributed by atoms with E-state index in [1.165, 1.54) is 11.8 Å². The van der Waals surface area contributed by atoms with E-state index in [0.717, 1.165) is 12.1 Å². The number of nitrogen functional groups attached to an aromatic ring is 1. The number of carbonyl (C=O) groups excluding carboxylic acids is 1. The van der Waals surface area contributed by atoms with Gasteiger partial charge in [0.05, 0.1) is 11.9 Å². The zero-order chi connectivity index (χ0) is 13.7. The van der Waals surface area contributed by atoms with Crippen molar-refractivity contribution >= 4 is 17.3 Å². The van der Waals surface area contributed by atoms with Crippen molar-refractivity contribution in [2.75, 3.05) is 10.7 Å². The number of hydrogen-bond acceptors (Lipinski definition) is 4. The van der Waals surface area contributed by atoms with Crippen LogP contribution in [0.1, 0.15) is 23.0 Å². The quantitative estimate of drug-likeness (QED) is 0.578. The Balaban J connectivity index is 2.06. The van der Waals surface area contributed by atoms with E-state index in [0.29, 0.717) is 11.4 Å². The van der Waals surface area contributed by atoms with E-state index in [1.807, 2.05) is 24.3 Å². The number of pyridine rings is 1. The molecule has 1 aromatic heterocycles. The van der Waals surface area contributed by atoms with Crippen LogP contribution in [0.15, 0.2) is 42.6 Å². The van der Waals surface area contributed by atoms with Gasteiger partial charge < -0.3 is 10.7 Å². The van der Waals surface area contributed by atoms with Crippen LogP contribution in [-0.4, -0.2) is 10.9 Å². The number of anilines is 2. The van der Waals surface area contributed by atoms with Crippen molar-refractivity contribution < 1.29 is 4.79 Å². The van der Waals surface area contributed by atoms with Gasteiger partial charge >= 0.3 is 0 Å². The summed E-state index contributed by atoms with van der Waals surface area (Å²) in [6.45, 7) is 2.09. The standard InChI is InChI=1S/C14H16N4O/c1-2-10-3-5-11(6-4-10)17-14(19)13-8-7-12(18-15)9-16-13/h3-9,18H,2,15H2,1H3,(H,17,19). The Bertz CT molecular complexity index is 549. The summed E-state index contributed by atoms with van der Waals surface area (Å²) in [5, 5.41) is 2.79. The maximum Gasteiger partial charge on any atom is 0.274 e. The van der Waals surface area contributed by atoms with Gasteiger partial charge in [0.2, 0.25) is 0 Å². The molecule has 2 rings (SSSR count). The molecule has 0 saturated carbocycles. The second-order valence-corrected chi connectivity index (χ2v) is 4.08. The summed E-state index contributed by atoms with van der Waals surface area (Å²) in [6, 6.07) is 11.1. The van der Waals surface area contributed by atoms with Crippen molar-refractivity contribution in [2.24, 2.45) is 5.84 Å². The van der Waals surface area contributed by atoms with Crippen molar-refractivity contribution in [1.82, 2.24) is 4.98 Å². The smallest absolute Gasteiger partial charge is 0.274 e. The highest BCUT2D eigenvalue weighted by atomic mass is 16.1. The Labute approximate surface area is 111 Å². The monoisotopic (exact) mass is 256 g/mol. The molecule has 0 aliphatic heterocycles. The molecule has 0 atom stereocenters. The minimum atomic E-state index is -0.243. The molecule has 1 aromatic carbocycles. The lowest BCUT2D eigenvalue weighted by Crippen LogP contribution is -2.14. The number of hydrogen-bond donors (Lipinski definition) is 3. The van der Waals surface area contributed by atoms with Crippen LogP contribution in [0.4, 0.5) is 11.4 Å². The van der Waals surface area contributed by atoms with E-state index in [-0.39, 0.29) is 5.91 Å². The Morgan fingerprint density at radius 3 is 2.37 bits per heavy atom. The van der Waals surface area contributed by atoms with Crippen LogP contribution in [0.2, 0.25) is 0 Å². The molecule has 5 heteroatoms. The van der Waals surface area contributed by atoms with Crippen LogP contribution in [-0.2, 0) is 6.42 Å². The van der Waals surface area contributed by atoms with Crippen LogP contribution in [0.5, 0.6) is 0 Å². The molecule has 5 nitrogen and oxygen atoms in total. The summed E-state index contributed by atoms with van der Waals surface area (Å²) >= 11 is 0. The number of benzene rings is 1. The fourth-order valence-corrected chi connectivity index (χ4v) is 1.63. The zero-order valence-corrected chi connectivity index (χ0v) is 10.7. The van der Waals surface area contributed by atoms with E-state index in [4.69, 9.17) is 5.84 Å². The highest BCUT2D eigenvalue weighted by molar-refractivity contribution is 6.02. The van der Waals surface area contributed by atoms with Crippen molar-refractivity contribution in [3.63, 3.8) is 0 Å². The van der Waals surface area contributed by atoms with Gasteiger partial charge in [0.25, 0.3) is 5.91 Å². The Hall–Kier alpha value is -2.40. The molecule has 0 unspecified atom stereocenters. The molecule has 0 saturated heterocycles. The summed E-state index contributed by atoms with van der Waals surface area (Å²) in [5.41, 5.74) is 5.45. The van der Waals surface area contributed by atoms with Crippen LogP contribution in [0.3, 0.4) is 0 Å². The number of aromatic nitrogens is 1. The Morgan fingerprint density at radius 2 is 1.84 bits per heavy atom. The summed E-state index contributed by atoms with van der Waals surface area (Å²) in [5.74, 6) is 4.99. The van der Waals surface area contributed by atoms with Gasteiger partial charge in [0.15, 0.2) is 0 Å². The predicted molar refractivity (Wildman–Crippen MR) is 75.8 cm³/mol. The van der Waals surface area contributed by atoms with Gasteiger partial charge in [-0.1, -0.05) is 19.1 Å². The van der Waals surface area contributed by atoms with Gasteiger partial charge in [-0.25, -0.2) is 4.98 Å². The molecule has 0 spiro atoms. The molecule has 19 heavy (non-hydrogen) atoms. The van der Waals surface area contributed by atoms with E-state index in [2.05, 4.69) is 22.7 Å². The minimum Gasteiger partial charge on any atom is -0.323 e. The fraction of sp³-hybridized carbons (Fsp3) is 0.143. The van der Waals surface area contributed by atoms with Crippen LogP contribution in [0.25, 0.3) is 0 Å². The first-order chi connectivity index (χ1) is 9.22. The summed E-state index contributed by atoms with van der Waals surface area (Å²) in [4.78, 5) is 16.0. The zero-order valence-electron chi connectivity index (χ0n) is 10.7. The van der Waals surface area contributed by atoms with E-state index < -0.39 is 0 Å². The lowest BCUT2D eigenvalue weighted by atomic mass is 10.1. The lowest BCUT2D eigenvalue weighted by Gasteiger charge is -2.06. The second kappa shape index (κ2) is 5.97. The third kappa shape index (κ3) is 3.29. The SMILES string of the molecule is CCc1ccc(NC(=O)c2ccc(NN)cn2)cc1. The van der Waals surface area contributed by atoms with Crippen LogP contribution < -0.4 is 16.6 Å². The third-order valence-electron chi connectivity index (χ3n) is 2.78. The van der Waals surface area contributed by atoms with Gasteiger partial charge in [0.1, 0.15) is 5.69 Å². The van der Waals surface area contributed by atoms with Gasteiger partial charge in [-0.2, -0.15) is 0 Å². The fourth-order valence-electron chi connectivity index (χ4n) is 1.63. The largest absolute Gasteiger partial charge is 0.323 e. The number of hydrazine groups is 1. The number of nitrogens with two attached hydrogens (primary N) is 1. The normalized spacial score (nSPS) is 10.0. The molecule has 1 amide bonds. The molecule has 0 aliphatic rings. The summed E-state index contributed by atoms with van der Waals surface area (Å²) in [7, 11) is 0. The molecule has 0 radical (unpaired) electrons. The van der Waals surface area contributed by atoms with Crippen molar-refractivity contribution in [2.45, 2.75) is 13.3 Å². The topological polar surface area (TPSA) is 80.0 Å². The lowest BCUT2D eigenvalue weighted by molar-refractivity contribution is 0.102. The molecule has 2 aromatic rings. The maximum atomic E-state index is 11.9. The van der Waals surface area contributed by atoms with Gasteiger partial charge in [-0.05, 0) is 36.2 Å². The van der Waals surface area contributed by atoms with E-state index in [1.54, 1.807) is 12.1 Å². The first-order valence-corrected chi connectivity index (χ1v) is 6.06. The first-order valence-electron chi connectivity index (χ1n) is 6.06. The Kier molecular flexibility index (Phi) is 4.10. The maximum absolute atomic E-state index is 11.9. The van der Waals surface area contributed by atoms with Crippen LogP contribution in [0, 0.1) is 0 Å².